The van der Waals surface area contributed by atoms with Crippen molar-refractivity contribution in [3.05, 3.63) is 555 Å². The van der Waals surface area contributed by atoms with Gasteiger partial charge in [-0.05, 0) is 288 Å². The molecular formula is C142H116N6S. The second-order valence-corrected chi connectivity index (χ2v) is 42.1. The van der Waals surface area contributed by atoms with Crippen molar-refractivity contribution < 1.29 is 0 Å². The van der Waals surface area contributed by atoms with E-state index in [1.807, 2.05) is 11.3 Å². The van der Waals surface area contributed by atoms with E-state index < -0.39 is 0 Å². The molecule has 4 heterocycles. The number of anilines is 9. The van der Waals surface area contributed by atoms with Crippen LogP contribution in [0.3, 0.4) is 0 Å². The Hall–Kier alpha value is -17.1. The van der Waals surface area contributed by atoms with Crippen LogP contribution in [0.5, 0.6) is 0 Å². The molecule has 7 heteroatoms. The van der Waals surface area contributed by atoms with Crippen molar-refractivity contribution in [2.45, 2.75) is 113 Å². The van der Waals surface area contributed by atoms with E-state index in [0.717, 1.165) is 34.1 Å². The molecule has 4 aromatic heterocycles. The van der Waals surface area contributed by atoms with Gasteiger partial charge in [-0.3, -0.25) is 0 Å². The van der Waals surface area contributed by atoms with E-state index in [-0.39, 0.29) is 16.2 Å². The molecule has 25 aromatic rings. The monoisotopic (exact) mass is 1940 g/mol. The van der Waals surface area contributed by atoms with Crippen molar-refractivity contribution in [1.82, 2.24) is 13.7 Å². The summed E-state index contributed by atoms with van der Waals surface area (Å²) in [5.74, 6) is 0. The third-order valence-corrected chi connectivity index (χ3v) is 33.9. The molecule has 0 N–H and O–H groups in total. The Morgan fingerprint density at radius 2 is 0.456 bits per heavy atom. The Morgan fingerprint density at radius 3 is 0.933 bits per heavy atom. The maximum absolute atomic E-state index is 2.46. The van der Waals surface area contributed by atoms with E-state index in [4.69, 9.17) is 0 Å². The zero-order valence-electron chi connectivity index (χ0n) is 83.9. The fraction of sp³-hybridized carbons (Fsp3) is 0.127. The summed E-state index contributed by atoms with van der Waals surface area (Å²) in [6.45, 7) is 0. The van der Waals surface area contributed by atoms with Crippen LogP contribution in [-0.2, 0) is 16.2 Å². The smallest absolute Gasteiger partial charge is 0.0561 e. The molecule has 0 spiro atoms. The minimum absolute atomic E-state index is 0.0624. The van der Waals surface area contributed by atoms with Crippen LogP contribution in [0.2, 0.25) is 0 Å². The number of rotatable bonds is 19. The summed E-state index contributed by atoms with van der Waals surface area (Å²) in [6.07, 6.45) is 18.9. The van der Waals surface area contributed by atoms with Crippen molar-refractivity contribution in [3.63, 3.8) is 0 Å². The highest BCUT2D eigenvalue weighted by Gasteiger charge is 2.40. The Balaban J connectivity index is 0.000000113. The lowest BCUT2D eigenvalue weighted by atomic mass is 9.65. The predicted octanol–water partition coefficient (Wildman–Crippen LogP) is 39.7. The maximum atomic E-state index is 2.46. The highest BCUT2D eigenvalue weighted by molar-refractivity contribution is 7.25. The minimum atomic E-state index is 0.0624. The minimum Gasteiger partial charge on any atom is -0.311 e. The molecular weight excluding hydrogens is 1820 g/mol. The second kappa shape index (κ2) is 40.0. The third kappa shape index (κ3) is 17.1. The first-order chi connectivity index (χ1) is 73.8. The Labute approximate surface area is 876 Å². The Bertz CT molecular complexity index is 9070. The molecule has 0 unspecified atom stereocenters. The van der Waals surface area contributed by atoms with E-state index in [1.165, 1.54) is 271 Å². The average molecular weight is 1940 g/mol. The first kappa shape index (κ1) is 91.8. The van der Waals surface area contributed by atoms with Crippen molar-refractivity contribution in [3.8, 4) is 28.2 Å². The fourth-order valence-electron chi connectivity index (χ4n) is 25.6. The van der Waals surface area contributed by atoms with Crippen LogP contribution >= 0.6 is 11.3 Å². The standard InChI is InChI=1S/C48H38N2S.C48H40N2.C46H38N2/c1-4-14-34(15-5-1)48(30-12-3-13-31-48)35-22-24-37(25-23-35)49(38-27-29-47-43(32-38)42-19-9-11-21-46(42)51-47)39-26-28-41-40-18-8-10-20-44(40)50(45(41)33-39)36-16-6-2-7-17-36;1-5-15-38(16-6-1)48(33-13-4-14-34-48)39-26-30-43(31-27-39)49(40-17-7-2-8-18-40)42-28-23-36(24-29-42)37-25-32-47-45(35-37)44-21-11-12-22-46(44)50(47)41-19-9-3-10-20-41;1-4-16-36(17-5-1)46(30-12-3-13-31-46)37-23-26-39(27-24-37)47(38-18-6-2-7-19-38)41-28-29-45-43(33-41)42-20-10-11-21-44(42)48(45)40-25-22-34-14-8-9-15-35(34)32-40/h1-2,4-11,14-29,32-33H,3,12-13,30-31H2;1-3,5-12,15-32,35H,4,13-14,33-34H2;1-2,4-11,14-29,32-33H,3,12-13,30-31H2. The van der Waals surface area contributed by atoms with Gasteiger partial charge in [-0.2, -0.15) is 0 Å². The van der Waals surface area contributed by atoms with E-state index in [9.17, 15) is 0 Å². The van der Waals surface area contributed by atoms with Crippen LogP contribution in [0.25, 0.3) is 125 Å². The van der Waals surface area contributed by atoms with E-state index in [0.29, 0.717) is 0 Å². The largest absolute Gasteiger partial charge is 0.311 e. The van der Waals surface area contributed by atoms with Crippen LogP contribution in [0.4, 0.5) is 51.2 Å². The molecule has 6 nitrogen and oxygen atoms in total. The van der Waals surface area contributed by atoms with Gasteiger partial charge in [0.2, 0.25) is 0 Å². The zero-order chi connectivity index (χ0) is 99.0. The third-order valence-electron chi connectivity index (χ3n) is 32.8. The maximum Gasteiger partial charge on any atom is 0.0561 e. The quantitative estimate of drug-likeness (QED) is 0.0806. The molecule has 3 fully saturated rings. The molecule has 3 saturated carbocycles. The molecule has 28 rings (SSSR count). The van der Waals surface area contributed by atoms with Gasteiger partial charge in [-0.15, -0.1) is 11.3 Å². The molecule has 21 aromatic carbocycles. The van der Waals surface area contributed by atoms with Gasteiger partial charge < -0.3 is 28.4 Å². The Morgan fingerprint density at radius 1 is 0.161 bits per heavy atom. The number of aromatic nitrogens is 3. The number of hydrogen-bond acceptors (Lipinski definition) is 4. The van der Waals surface area contributed by atoms with Crippen LogP contribution in [0.15, 0.2) is 522 Å². The number of thiophene rings is 1. The van der Waals surface area contributed by atoms with Crippen molar-refractivity contribution in [1.29, 1.82) is 0 Å². The van der Waals surface area contributed by atoms with Gasteiger partial charge >= 0.3 is 0 Å². The van der Waals surface area contributed by atoms with E-state index >= 15 is 0 Å². The average Bonchev–Trinajstić information content (AvgIpc) is 1.59. The van der Waals surface area contributed by atoms with Gasteiger partial charge in [0.15, 0.2) is 0 Å². The topological polar surface area (TPSA) is 24.5 Å². The molecule has 3 aliphatic rings. The predicted molar refractivity (Wildman–Crippen MR) is 633 cm³/mol. The summed E-state index contributed by atoms with van der Waals surface area (Å²) in [5, 5.41) is 12.7. The Kier molecular flexibility index (Phi) is 24.7. The summed E-state index contributed by atoms with van der Waals surface area (Å²) >= 11 is 1.87. The zero-order valence-corrected chi connectivity index (χ0v) is 84.7. The number of hydrogen-bond donors (Lipinski definition) is 0. The van der Waals surface area contributed by atoms with Gasteiger partial charge in [0, 0.05) is 137 Å². The lowest BCUT2D eigenvalue weighted by Gasteiger charge is -2.39. The van der Waals surface area contributed by atoms with Crippen LogP contribution < -0.4 is 14.7 Å². The molecule has 720 valence electrons. The summed E-state index contributed by atoms with van der Waals surface area (Å²) < 4.78 is 9.84. The second-order valence-electron chi connectivity index (χ2n) is 41.1. The van der Waals surface area contributed by atoms with Gasteiger partial charge in [-0.25, -0.2) is 0 Å². The van der Waals surface area contributed by atoms with E-state index in [2.05, 4.69) is 550 Å². The normalized spacial score (nSPS) is 14.3. The number of para-hydroxylation sites is 7. The number of fused-ring (bicyclic) bond motifs is 13. The lowest BCUT2D eigenvalue weighted by Crippen LogP contribution is -2.30. The van der Waals surface area contributed by atoms with Crippen molar-refractivity contribution in [2.24, 2.45) is 0 Å². The van der Waals surface area contributed by atoms with Crippen LogP contribution in [0.1, 0.15) is 130 Å². The van der Waals surface area contributed by atoms with Gasteiger partial charge in [-0.1, -0.05) is 385 Å². The highest BCUT2D eigenvalue weighted by atomic mass is 32.1. The molecule has 0 aliphatic heterocycles. The van der Waals surface area contributed by atoms with E-state index in [1.54, 1.807) is 0 Å². The molecule has 0 bridgehead atoms. The molecule has 3 aliphatic carbocycles. The summed E-state index contributed by atoms with van der Waals surface area (Å²) in [6, 6.07) is 192. The summed E-state index contributed by atoms with van der Waals surface area (Å²) in [4.78, 5) is 7.24. The first-order valence-electron chi connectivity index (χ1n) is 53.5. The molecule has 149 heavy (non-hydrogen) atoms. The SMILES string of the molecule is c1ccc(-n2c3ccccc3c3ccc(N(c4ccc(C5(c6ccccc6)CCCCC5)cc4)c4ccc5sc6ccccc6c5c4)cc32)cc1.c1ccc(N(c2ccc(-c3ccc4c(c3)c3ccccc3n4-c3ccccc3)cc2)c2ccc(C3(c4ccccc4)CCCCC3)cc2)cc1.c1ccc(N(c2ccc(C3(c4ccccc4)CCCCC3)cc2)c2ccc3c(c2)c2ccccc2n3-c2ccc3ccccc3c2)cc1. The first-order valence-corrected chi connectivity index (χ1v) is 54.4. The lowest BCUT2D eigenvalue weighted by molar-refractivity contribution is 0.346. The van der Waals surface area contributed by atoms with Gasteiger partial charge in [0.25, 0.3) is 0 Å². The number of benzene rings is 21. The van der Waals surface area contributed by atoms with Crippen molar-refractivity contribution in [2.75, 3.05) is 14.7 Å². The molecule has 0 amide bonds. The summed E-state index contributed by atoms with van der Waals surface area (Å²) in [5.41, 5.74) is 32.5. The van der Waals surface area contributed by atoms with Gasteiger partial charge in [0.05, 0.1) is 33.1 Å². The summed E-state index contributed by atoms with van der Waals surface area (Å²) in [7, 11) is 0. The van der Waals surface area contributed by atoms with Crippen molar-refractivity contribution >= 4 is 159 Å². The fourth-order valence-corrected chi connectivity index (χ4v) is 26.7. The molecule has 0 atom stereocenters. The molecule has 0 saturated heterocycles. The van der Waals surface area contributed by atoms with Crippen LogP contribution in [-0.4, -0.2) is 13.7 Å². The van der Waals surface area contributed by atoms with Crippen LogP contribution in [0, 0.1) is 0 Å². The molecule has 0 radical (unpaired) electrons. The number of nitrogens with zero attached hydrogens (tertiary/aromatic N) is 6. The highest BCUT2D eigenvalue weighted by Crippen LogP contribution is 2.53. The van der Waals surface area contributed by atoms with Gasteiger partial charge in [0.1, 0.15) is 0 Å².